The number of aromatic nitrogens is 2. The van der Waals surface area contributed by atoms with E-state index in [1.54, 1.807) is 7.11 Å². The van der Waals surface area contributed by atoms with Crippen molar-refractivity contribution in [1.82, 2.24) is 10.1 Å². The highest BCUT2D eigenvalue weighted by Gasteiger charge is 2.13. The van der Waals surface area contributed by atoms with Gasteiger partial charge in [-0.25, -0.2) is 0 Å². The van der Waals surface area contributed by atoms with Gasteiger partial charge in [0, 0.05) is 16.8 Å². The predicted molar refractivity (Wildman–Crippen MR) is 80.9 cm³/mol. The molecule has 21 heavy (non-hydrogen) atoms. The standard InChI is InChI=1S/C16H15N3O2/c1-10-6-7-12(17)9-14(10)16-18-15(19-21-16)11-4-3-5-13(8-11)20-2/h3-9H,17H2,1-2H3. The minimum absolute atomic E-state index is 0.456. The smallest absolute Gasteiger partial charge is 0.258 e. The zero-order chi connectivity index (χ0) is 14.8. The van der Waals surface area contributed by atoms with Crippen LogP contribution in [0.25, 0.3) is 22.8 Å². The van der Waals surface area contributed by atoms with Crippen LogP contribution in [0.1, 0.15) is 5.56 Å². The van der Waals surface area contributed by atoms with Gasteiger partial charge in [0.2, 0.25) is 5.82 Å². The molecule has 106 valence electrons. The number of nitrogen functional groups attached to an aromatic ring is 1. The Morgan fingerprint density at radius 3 is 2.81 bits per heavy atom. The summed E-state index contributed by atoms with van der Waals surface area (Å²) in [6.07, 6.45) is 0. The second kappa shape index (κ2) is 5.28. The van der Waals surface area contributed by atoms with Crippen LogP contribution in [-0.2, 0) is 0 Å². The van der Waals surface area contributed by atoms with Crippen LogP contribution < -0.4 is 10.5 Å². The van der Waals surface area contributed by atoms with Gasteiger partial charge in [0.1, 0.15) is 5.75 Å². The molecular formula is C16H15N3O2. The maximum Gasteiger partial charge on any atom is 0.258 e. The third-order valence-electron chi connectivity index (χ3n) is 3.25. The molecule has 3 rings (SSSR count). The van der Waals surface area contributed by atoms with Gasteiger partial charge in [0.05, 0.1) is 7.11 Å². The average Bonchev–Trinajstić information content (AvgIpc) is 2.99. The molecule has 0 unspecified atom stereocenters. The fourth-order valence-corrected chi connectivity index (χ4v) is 2.08. The van der Waals surface area contributed by atoms with Crippen LogP contribution in [-0.4, -0.2) is 17.3 Å². The molecular weight excluding hydrogens is 266 g/mol. The number of nitrogens with zero attached hydrogens (tertiary/aromatic N) is 2. The highest BCUT2D eigenvalue weighted by Crippen LogP contribution is 2.27. The lowest BCUT2D eigenvalue weighted by Gasteiger charge is -2.01. The van der Waals surface area contributed by atoms with Gasteiger partial charge in [-0.3, -0.25) is 0 Å². The summed E-state index contributed by atoms with van der Waals surface area (Å²) in [6, 6.07) is 13.1. The van der Waals surface area contributed by atoms with Crippen LogP contribution in [0.15, 0.2) is 47.0 Å². The zero-order valence-electron chi connectivity index (χ0n) is 11.8. The number of ether oxygens (including phenoxy) is 1. The number of nitrogens with two attached hydrogens (primary N) is 1. The summed E-state index contributed by atoms with van der Waals surface area (Å²) in [7, 11) is 1.62. The number of anilines is 1. The molecule has 0 bridgehead atoms. The fourth-order valence-electron chi connectivity index (χ4n) is 2.08. The maximum absolute atomic E-state index is 5.81. The van der Waals surface area contributed by atoms with Gasteiger partial charge in [0.15, 0.2) is 0 Å². The number of hydrogen-bond donors (Lipinski definition) is 1. The lowest BCUT2D eigenvalue weighted by Crippen LogP contribution is -1.89. The van der Waals surface area contributed by atoms with Crippen LogP contribution in [0, 0.1) is 6.92 Å². The Hall–Kier alpha value is -2.82. The van der Waals surface area contributed by atoms with Gasteiger partial charge in [-0.2, -0.15) is 4.98 Å². The first-order valence-electron chi connectivity index (χ1n) is 6.52. The molecule has 5 heteroatoms. The van der Waals surface area contributed by atoms with E-state index in [1.165, 1.54) is 0 Å². The molecule has 1 aromatic heterocycles. The van der Waals surface area contributed by atoms with E-state index in [-0.39, 0.29) is 0 Å². The van der Waals surface area contributed by atoms with Crippen LogP contribution in [0.4, 0.5) is 5.69 Å². The molecule has 0 saturated carbocycles. The van der Waals surface area contributed by atoms with E-state index in [9.17, 15) is 0 Å². The molecule has 0 saturated heterocycles. The van der Waals surface area contributed by atoms with E-state index in [2.05, 4.69) is 10.1 Å². The van der Waals surface area contributed by atoms with Gasteiger partial charge < -0.3 is 15.0 Å². The van der Waals surface area contributed by atoms with Gasteiger partial charge in [-0.1, -0.05) is 23.4 Å². The van der Waals surface area contributed by atoms with Crippen LogP contribution >= 0.6 is 0 Å². The van der Waals surface area contributed by atoms with E-state index < -0.39 is 0 Å². The molecule has 3 aromatic rings. The SMILES string of the molecule is COc1cccc(-c2noc(-c3cc(N)ccc3C)n2)c1. The number of aryl methyl sites for hydroxylation is 1. The molecule has 0 fully saturated rings. The van der Waals surface area contributed by atoms with Crippen LogP contribution in [0.5, 0.6) is 5.75 Å². The first kappa shape index (κ1) is 13.2. The first-order chi connectivity index (χ1) is 10.2. The Labute approximate surface area is 122 Å². The maximum atomic E-state index is 5.81. The van der Waals surface area contributed by atoms with Crippen molar-refractivity contribution in [3.8, 4) is 28.6 Å². The van der Waals surface area contributed by atoms with Gasteiger partial charge in [-0.05, 0) is 36.8 Å². The normalized spacial score (nSPS) is 10.6. The van der Waals surface area contributed by atoms with E-state index >= 15 is 0 Å². The molecule has 1 heterocycles. The Kier molecular flexibility index (Phi) is 3.31. The van der Waals surface area contributed by atoms with Crippen LogP contribution in [0.3, 0.4) is 0 Å². The summed E-state index contributed by atoms with van der Waals surface area (Å²) in [5.74, 6) is 1.72. The summed E-state index contributed by atoms with van der Waals surface area (Å²) in [6.45, 7) is 1.98. The fraction of sp³-hybridized carbons (Fsp3) is 0.125. The van der Waals surface area contributed by atoms with E-state index in [0.717, 1.165) is 22.4 Å². The third kappa shape index (κ3) is 2.58. The van der Waals surface area contributed by atoms with Crippen molar-refractivity contribution in [2.24, 2.45) is 0 Å². The molecule has 0 aliphatic heterocycles. The zero-order valence-corrected chi connectivity index (χ0v) is 11.8. The van der Waals surface area contributed by atoms with Gasteiger partial charge in [0.25, 0.3) is 5.89 Å². The molecule has 0 spiro atoms. The minimum atomic E-state index is 0.456. The molecule has 0 radical (unpaired) electrons. The number of methoxy groups -OCH3 is 1. The van der Waals surface area contributed by atoms with Crippen molar-refractivity contribution in [2.75, 3.05) is 12.8 Å². The summed E-state index contributed by atoms with van der Waals surface area (Å²) < 4.78 is 10.6. The van der Waals surface area contributed by atoms with Gasteiger partial charge in [-0.15, -0.1) is 0 Å². The first-order valence-corrected chi connectivity index (χ1v) is 6.52. The topological polar surface area (TPSA) is 74.2 Å². The van der Waals surface area contributed by atoms with Crippen molar-refractivity contribution in [3.63, 3.8) is 0 Å². The average molecular weight is 281 g/mol. The van der Waals surface area contributed by atoms with E-state index in [0.29, 0.717) is 17.4 Å². The van der Waals surface area contributed by atoms with Crippen LogP contribution in [0.2, 0.25) is 0 Å². The van der Waals surface area contributed by atoms with Crippen molar-refractivity contribution < 1.29 is 9.26 Å². The molecule has 0 aliphatic rings. The number of benzene rings is 2. The van der Waals surface area contributed by atoms with E-state index in [4.69, 9.17) is 15.0 Å². The molecule has 2 aromatic carbocycles. The summed E-state index contributed by atoms with van der Waals surface area (Å²) in [5.41, 5.74) is 9.19. The van der Waals surface area contributed by atoms with Gasteiger partial charge >= 0.3 is 0 Å². The van der Waals surface area contributed by atoms with Crippen molar-refractivity contribution in [2.45, 2.75) is 6.92 Å². The molecule has 5 nitrogen and oxygen atoms in total. The largest absolute Gasteiger partial charge is 0.497 e. The third-order valence-corrected chi connectivity index (χ3v) is 3.25. The number of hydrogen-bond acceptors (Lipinski definition) is 5. The minimum Gasteiger partial charge on any atom is -0.497 e. The monoisotopic (exact) mass is 281 g/mol. The quantitative estimate of drug-likeness (QED) is 0.745. The molecule has 2 N–H and O–H groups in total. The molecule has 0 atom stereocenters. The summed E-state index contributed by atoms with van der Waals surface area (Å²) in [4.78, 5) is 4.44. The Morgan fingerprint density at radius 2 is 2.00 bits per heavy atom. The molecule has 0 amide bonds. The predicted octanol–water partition coefficient (Wildman–Crippen LogP) is 3.30. The highest BCUT2D eigenvalue weighted by atomic mass is 16.5. The Morgan fingerprint density at radius 1 is 1.14 bits per heavy atom. The van der Waals surface area contributed by atoms with Crippen molar-refractivity contribution in [3.05, 3.63) is 48.0 Å². The number of rotatable bonds is 3. The Bertz CT molecular complexity index is 781. The Balaban J connectivity index is 2.01. The van der Waals surface area contributed by atoms with E-state index in [1.807, 2.05) is 49.4 Å². The summed E-state index contributed by atoms with van der Waals surface area (Å²) >= 11 is 0. The lowest BCUT2D eigenvalue weighted by molar-refractivity contribution is 0.414. The second-order valence-electron chi connectivity index (χ2n) is 4.73. The highest BCUT2D eigenvalue weighted by molar-refractivity contribution is 5.66. The summed E-state index contributed by atoms with van der Waals surface area (Å²) in [5, 5.41) is 4.03. The molecule has 0 aliphatic carbocycles. The second-order valence-corrected chi connectivity index (χ2v) is 4.73. The van der Waals surface area contributed by atoms with Crippen molar-refractivity contribution >= 4 is 5.69 Å². The van der Waals surface area contributed by atoms with Crippen molar-refractivity contribution in [1.29, 1.82) is 0 Å². The lowest BCUT2D eigenvalue weighted by atomic mass is 10.1.